The lowest BCUT2D eigenvalue weighted by Gasteiger charge is -2.21. The van der Waals surface area contributed by atoms with Gasteiger partial charge in [-0.15, -0.1) is 0 Å². The molecule has 0 aromatic heterocycles. The Bertz CT molecular complexity index is 637. The van der Waals surface area contributed by atoms with Crippen molar-refractivity contribution in [2.24, 2.45) is 4.99 Å². The van der Waals surface area contributed by atoms with E-state index in [0.717, 1.165) is 18.1 Å². The Hall–Kier alpha value is -1.60. The summed E-state index contributed by atoms with van der Waals surface area (Å²) in [5.74, 6) is 0.753. The number of hydrogen-bond donors (Lipinski definition) is 2. The van der Waals surface area contributed by atoms with E-state index in [-0.39, 0.29) is 6.04 Å². The van der Waals surface area contributed by atoms with E-state index in [0.29, 0.717) is 17.5 Å². The zero-order chi connectivity index (χ0) is 18.3. The molecule has 24 heavy (non-hydrogen) atoms. The van der Waals surface area contributed by atoms with E-state index in [9.17, 15) is 8.42 Å². The minimum absolute atomic E-state index is 0.0796. The maximum absolute atomic E-state index is 12.4. The van der Waals surface area contributed by atoms with Gasteiger partial charge < -0.3 is 10.6 Å². The van der Waals surface area contributed by atoms with Crippen LogP contribution in [-0.2, 0) is 16.6 Å². The molecule has 0 aliphatic rings. The van der Waals surface area contributed by atoms with Crippen molar-refractivity contribution >= 4 is 16.0 Å². The molecule has 136 valence electrons. The molecule has 1 aromatic carbocycles. The third-order valence-electron chi connectivity index (χ3n) is 3.52. The summed E-state index contributed by atoms with van der Waals surface area (Å²) < 4.78 is 26.2. The van der Waals surface area contributed by atoms with E-state index < -0.39 is 10.0 Å². The smallest absolute Gasteiger partial charge is 0.243 e. The maximum Gasteiger partial charge on any atom is 0.243 e. The molecule has 0 fully saturated rings. The van der Waals surface area contributed by atoms with Crippen LogP contribution < -0.4 is 10.6 Å². The largest absolute Gasteiger partial charge is 0.357 e. The summed E-state index contributed by atoms with van der Waals surface area (Å²) in [6.07, 6.45) is 0. The number of nitrogens with one attached hydrogen (secondary N) is 2. The van der Waals surface area contributed by atoms with E-state index in [1.54, 1.807) is 19.2 Å². The molecule has 0 atom stereocenters. The molecule has 7 heteroatoms. The van der Waals surface area contributed by atoms with Crippen LogP contribution in [0, 0.1) is 0 Å². The van der Waals surface area contributed by atoms with Crippen LogP contribution in [0.2, 0.25) is 0 Å². The first-order valence-corrected chi connectivity index (χ1v) is 9.74. The van der Waals surface area contributed by atoms with Crippen LogP contribution in [0.3, 0.4) is 0 Å². The number of rotatable bonds is 7. The second kappa shape index (κ2) is 9.03. The monoisotopic (exact) mass is 354 g/mol. The summed E-state index contributed by atoms with van der Waals surface area (Å²) in [7, 11) is -1.84. The highest BCUT2D eigenvalue weighted by Crippen LogP contribution is 2.17. The summed E-state index contributed by atoms with van der Waals surface area (Å²) in [5.41, 5.74) is 0.960. The van der Waals surface area contributed by atoms with Gasteiger partial charge in [0.1, 0.15) is 0 Å². The van der Waals surface area contributed by atoms with Gasteiger partial charge in [-0.25, -0.2) is 13.4 Å². The predicted molar refractivity (Wildman–Crippen MR) is 99.6 cm³/mol. The van der Waals surface area contributed by atoms with Crippen molar-refractivity contribution in [3.05, 3.63) is 29.8 Å². The fraction of sp³-hybridized carbons (Fsp3) is 0.588. The Morgan fingerprint density at radius 3 is 2.21 bits per heavy atom. The van der Waals surface area contributed by atoms with Gasteiger partial charge >= 0.3 is 0 Å². The highest BCUT2D eigenvalue weighted by atomic mass is 32.2. The summed E-state index contributed by atoms with van der Waals surface area (Å²) >= 11 is 0. The molecule has 0 aliphatic heterocycles. The molecule has 0 saturated heterocycles. The number of nitrogens with zero attached hydrogens (tertiary/aromatic N) is 2. The summed E-state index contributed by atoms with van der Waals surface area (Å²) in [4.78, 5) is 4.82. The van der Waals surface area contributed by atoms with Crippen molar-refractivity contribution in [3.63, 3.8) is 0 Å². The molecular formula is C17H30N4O2S. The van der Waals surface area contributed by atoms with Gasteiger partial charge in [0.25, 0.3) is 0 Å². The van der Waals surface area contributed by atoms with E-state index in [4.69, 9.17) is 0 Å². The second-order valence-electron chi connectivity index (χ2n) is 6.25. The average Bonchev–Trinajstić information content (AvgIpc) is 2.51. The highest BCUT2D eigenvalue weighted by molar-refractivity contribution is 7.89. The maximum atomic E-state index is 12.4. The lowest BCUT2D eigenvalue weighted by molar-refractivity contribution is 0.410. The van der Waals surface area contributed by atoms with E-state index in [1.807, 2.05) is 32.9 Å². The molecule has 1 aromatic rings. The van der Waals surface area contributed by atoms with Crippen molar-refractivity contribution < 1.29 is 8.42 Å². The molecule has 0 heterocycles. The Kier molecular flexibility index (Phi) is 7.69. The van der Waals surface area contributed by atoms with Gasteiger partial charge in [0.05, 0.1) is 11.4 Å². The molecule has 0 aliphatic carbocycles. The molecular weight excluding hydrogens is 324 g/mol. The fourth-order valence-electron chi connectivity index (χ4n) is 1.97. The molecule has 6 nitrogen and oxygen atoms in total. The Labute approximate surface area is 146 Å². The molecule has 0 spiro atoms. The van der Waals surface area contributed by atoms with Crippen molar-refractivity contribution in [2.45, 2.75) is 58.1 Å². The topological polar surface area (TPSA) is 73.8 Å². The minimum Gasteiger partial charge on any atom is -0.357 e. The van der Waals surface area contributed by atoms with Crippen LogP contribution in [0.4, 0.5) is 0 Å². The molecule has 0 amide bonds. The summed E-state index contributed by atoms with van der Waals surface area (Å²) in [6, 6.07) is 7.11. The van der Waals surface area contributed by atoms with E-state index in [2.05, 4.69) is 29.5 Å². The van der Waals surface area contributed by atoms with Gasteiger partial charge in [0.2, 0.25) is 10.0 Å². The third-order valence-corrected chi connectivity index (χ3v) is 5.56. The lowest BCUT2D eigenvalue weighted by atomic mass is 10.2. The van der Waals surface area contributed by atoms with Gasteiger partial charge in [-0.3, -0.25) is 0 Å². The normalized spacial score (nSPS) is 13.0. The van der Waals surface area contributed by atoms with Crippen molar-refractivity contribution in [1.82, 2.24) is 14.9 Å². The minimum atomic E-state index is -3.44. The highest BCUT2D eigenvalue weighted by Gasteiger charge is 2.22. The molecule has 0 radical (unpaired) electrons. The third kappa shape index (κ3) is 5.79. The first-order valence-electron chi connectivity index (χ1n) is 8.30. The molecule has 2 N–H and O–H groups in total. The molecule has 0 saturated carbocycles. The van der Waals surface area contributed by atoms with Gasteiger partial charge in [-0.2, -0.15) is 4.31 Å². The SMILES string of the molecule is CCNC(=NCc1ccc(S(=O)(=O)N(C)C(C)C)cc1)NC(C)C. The molecule has 0 bridgehead atoms. The van der Waals surface area contributed by atoms with Gasteiger partial charge in [-0.1, -0.05) is 12.1 Å². The molecule has 0 unspecified atom stereocenters. The predicted octanol–water partition coefficient (Wildman–Crippen LogP) is 2.18. The Morgan fingerprint density at radius 2 is 1.75 bits per heavy atom. The van der Waals surface area contributed by atoms with E-state index in [1.165, 1.54) is 4.31 Å². The van der Waals surface area contributed by atoms with Crippen LogP contribution in [-0.4, -0.2) is 44.4 Å². The van der Waals surface area contributed by atoms with Crippen LogP contribution in [0.15, 0.2) is 34.2 Å². The zero-order valence-electron chi connectivity index (χ0n) is 15.5. The Balaban J connectivity index is 2.88. The van der Waals surface area contributed by atoms with Crippen LogP contribution in [0.25, 0.3) is 0 Å². The number of sulfonamides is 1. The standard InChI is InChI=1S/C17H30N4O2S/c1-7-18-17(20-13(2)3)19-12-15-8-10-16(11-9-15)24(22,23)21(6)14(4)5/h8-11,13-14H,7,12H2,1-6H3,(H2,18,19,20). The van der Waals surface area contributed by atoms with Gasteiger partial charge in [0, 0.05) is 25.7 Å². The lowest BCUT2D eigenvalue weighted by Crippen LogP contribution is -2.41. The first kappa shape index (κ1) is 20.4. The average molecular weight is 355 g/mol. The number of hydrogen-bond acceptors (Lipinski definition) is 3. The Morgan fingerprint density at radius 1 is 1.17 bits per heavy atom. The second-order valence-corrected chi connectivity index (χ2v) is 8.25. The summed E-state index contributed by atoms with van der Waals surface area (Å²) in [5, 5.41) is 6.43. The molecule has 1 rings (SSSR count). The fourth-order valence-corrected chi connectivity index (χ4v) is 3.34. The van der Waals surface area contributed by atoms with Crippen LogP contribution in [0.1, 0.15) is 40.2 Å². The van der Waals surface area contributed by atoms with Crippen LogP contribution in [0.5, 0.6) is 0 Å². The van der Waals surface area contributed by atoms with Crippen molar-refractivity contribution in [2.75, 3.05) is 13.6 Å². The number of guanidine groups is 1. The number of benzene rings is 1. The summed E-state index contributed by atoms with van der Waals surface area (Å²) in [6.45, 7) is 11.1. The van der Waals surface area contributed by atoms with Gasteiger partial charge in [0.15, 0.2) is 5.96 Å². The zero-order valence-corrected chi connectivity index (χ0v) is 16.3. The van der Waals surface area contributed by atoms with E-state index >= 15 is 0 Å². The quantitative estimate of drug-likeness (QED) is 0.581. The van der Waals surface area contributed by atoms with Crippen molar-refractivity contribution in [3.8, 4) is 0 Å². The van der Waals surface area contributed by atoms with Crippen molar-refractivity contribution in [1.29, 1.82) is 0 Å². The number of aliphatic imine (C=N–C) groups is 1. The first-order chi connectivity index (χ1) is 11.2. The van der Waals surface area contributed by atoms with Crippen LogP contribution >= 0.6 is 0 Å². The van der Waals surface area contributed by atoms with Gasteiger partial charge in [-0.05, 0) is 52.3 Å².